The monoisotopic (exact) mass is 415 g/mol. The molecule has 0 fully saturated rings. The molecule has 0 aliphatic rings. The zero-order valence-corrected chi connectivity index (χ0v) is 14.3. The van der Waals surface area contributed by atoms with Crippen LogP contribution in [0.4, 0.5) is 13.2 Å². The van der Waals surface area contributed by atoms with Gasteiger partial charge in [0.2, 0.25) is 0 Å². The Labute approximate surface area is 147 Å². The van der Waals surface area contributed by atoms with Gasteiger partial charge in [0.15, 0.2) is 0 Å². The first kappa shape index (κ1) is 17.0. The molecular weight excluding hydrogens is 407 g/mol. The number of fused-ring (bicyclic) bond motifs is 1. The third-order valence-corrected chi connectivity index (χ3v) is 4.79. The predicted octanol–water partition coefficient (Wildman–Crippen LogP) is 5.26. The Morgan fingerprint density at radius 3 is 2.50 bits per heavy atom. The lowest BCUT2D eigenvalue weighted by molar-refractivity contribution is -0.137. The van der Waals surface area contributed by atoms with Crippen molar-refractivity contribution < 1.29 is 17.6 Å². The Bertz CT molecular complexity index is 939. The Kier molecular flexibility index (Phi) is 4.69. The van der Waals surface area contributed by atoms with Gasteiger partial charge in [-0.05, 0) is 45.8 Å². The lowest BCUT2D eigenvalue weighted by atomic mass is 10.1. The van der Waals surface area contributed by atoms with Crippen molar-refractivity contribution in [2.75, 3.05) is 0 Å². The van der Waals surface area contributed by atoms with Crippen molar-refractivity contribution in [3.8, 4) is 0 Å². The minimum absolute atomic E-state index is 0.172. The minimum Gasteiger partial charge on any atom is -0.397 e. The maximum Gasteiger partial charge on any atom is 0.416 e. The van der Waals surface area contributed by atoms with Crippen molar-refractivity contribution in [1.82, 2.24) is 4.98 Å². The van der Waals surface area contributed by atoms with Crippen LogP contribution in [0.2, 0.25) is 0 Å². The first-order chi connectivity index (χ1) is 11.3. The molecule has 0 spiro atoms. The van der Waals surface area contributed by atoms with E-state index in [1.54, 1.807) is 18.2 Å². The van der Waals surface area contributed by atoms with E-state index in [0.717, 1.165) is 23.9 Å². The van der Waals surface area contributed by atoms with Gasteiger partial charge in [0.05, 0.1) is 11.1 Å². The van der Waals surface area contributed by atoms with Gasteiger partial charge in [0.25, 0.3) is 5.22 Å². The smallest absolute Gasteiger partial charge is 0.397 e. The van der Waals surface area contributed by atoms with Crippen LogP contribution in [-0.4, -0.2) is 4.98 Å². The van der Waals surface area contributed by atoms with Crippen molar-refractivity contribution in [2.24, 2.45) is 0 Å². The number of halogens is 4. The summed E-state index contributed by atoms with van der Waals surface area (Å²) in [4.78, 5) is 16.3. The van der Waals surface area contributed by atoms with Crippen LogP contribution in [0.15, 0.2) is 61.4 Å². The van der Waals surface area contributed by atoms with Crippen LogP contribution in [0.1, 0.15) is 11.1 Å². The molecule has 24 heavy (non-hydrogen) atoms. The summed E-state index contributed by atoms with van der Waals surface area (Å²) in [6.07, 6.45) is -4.36. The molecule has 1 aromatic heterocycles. The summed E-state index contributed by atoms with van der Waals surface area (Å²) in [5.41, 5.74) is -0.0406. The summed E-state index contributed by atoms with van der Waals surface area (Å²) in [6, 6.07) is 10.0. The van der Waals surface area contributed by atoms with E-state index >= 15 is 0 Å². The summed E-state index contributed by atoms with van der Waals surface area (Å²) in [5.74, 6) is 0.341. The second kappa shape index (κ2) is 6.60. The molecule has 3 rings (SSSR count). The van der Waals surface area contributed by atoms with Crippen LogP contribution in [-0.2, 0) is 11.9 Å². The lowest BCUT2D eigenvalue weighted by Crippen LogP contribution is -2.04. The van der Waals surface area contributed by atoms with Crippen LogP contribution in [0, 0.1) is 0 Å². The zero-order chi connectivity index (χ0) is 17.3. The molecule has 0 aliphatic heterocycles. The van der Waals surface area contributed by atoms with Crippen molar-refractivity contribution in [3.05, 3.63) is 68.5 Å². The zero-order valence-electron chi connectivity index (χ0n) is 11.9. The van der Waals surface area contributed by atoms with Gasteiger partial charge in [-0.25, -0.2) is 9.78 Å². The third kappa shape index (κ3) is 3.64. The van der Waals surface area contributed by atoms with Gasteiger partial charge in [-0.15, -0.1) is 0 Å². The fourth-order valence-corrected chi connectivity index (χ4v) is 3.35. The molecule has 3 nitrogen and oxygen atoms in total. The Morgan fingerprint density at radius 1 is 1.12 bits per heavy atom. The number of alkyl halides is 3. The van der Waals surface area contributed by atoms with Crippen molar-refractivity contribution >= 4 is 38.6 Å². The van der Waals surface area contributed by atoms with Gasteiger partial charge in [-0.1, -0.05) is 30.0 Å². The standard InChI is InChI=1S/C16H9BrF3NO2S/c17-11-2-1-3-12-13(11)14(22)23-15(21-12)24-8-9-4-6-10(7-5-9)16(18,19)20/h1-7H,8H2. The highest BCUT2D eigenvalue weighted by Crippen LogP contribution is 2.30. The van der Waals surface area contributed by atoms with Crippen LogP contribution < -0.4 is 5.63 Å². The molecule has 0 aliphatic carbocycles. The lowest BCUT2D eigenvalue weighted by Gasteiger charge is -2.07. The number of hydrogen-bond donors (Lipinski definition) is 0. The number of hydrogen-bond acceptors (Lipinski definition) is 4. The molecule has 2 aromatic carbocycles. The second-order valence-electron chi connectivity index (χ2n) is 4.88. The highest BCUT2D eigenvalue weighted by atomic mass is 79.9. The molecule has 0 atom stereocenters. The molecule has 124 valence electrons. The number of thioether (sulfide) groups is 1. The highest BCUT2D eigenvalue weighted by Gasteiger charge is 2.29. The second-order valence-corrected chi connectivity index (χ2v) is 6.67. The summed E-state index contributed by atoms with van der Waals surface area (Å²) in [5, 5.41) is 0.530. The van der Waals surface area contributed by atoms with Gasteiger partial charge < -0.3 is 4.42 Å². The number of aromatic nitrogens is 1. The largest absolute Gasteiger partial charge is 0.416 e. The average molecular weight is 416 g/mol. The van der Waals surface area contributed by atoms with Gasteiger partial charge >= 0.3 is 11.8 Å². The average Bonchev–Trinajstić information content (AvgIpc) is 2.52. The summed E-state index contributed by atoms with van der Waals surface area (Å²) in [7, 11) is 0. The Hall–Kier alpha value is -1.80. The van der Waals surface area contributed by atoms with Crippen molar-refractivity contribution in [3.63, 3.8) is 0 Å². The summed E-state index contributed by atoms with van der Waals surface area (Å²) < 4.78 is 43.3. The molecular formula is C16H9BrF3NO2S. The molecule has 8 heteroatoms. The highest BCUT2D eigenvalue weighted by molar-refractivity contribution is 9.10. The summed E-state index contributed by atoms with van der Waals surface area (Å²) in [6.45, 7) is 0. The van der Waals surface area contributed by atoms with E-state index < -0.39 is 17.4 Å². The van der Waals surface area contributed by atoms with Gasteiger partial charge in [0.1, 0.15) is 5.39 Å². The van der Waals surface area contributed by atoms with E-state index in [1.165, 1.54) is 12.1 Å². The maximum absolute atomic E-state index is 12.5. The van der Waals surface area contributed by atoms with E-state index in [1.807, 2.05) is 0 Å². The SMILES string of the molecule is O=c1oc(SCc2ccc(C(F)(F)F)cc2)nc2cccc(Br)c12. The van der Waals surface area contributed by atoms with E-state index in [9.17, 15) is 18.0 Å². The molecule has 0 amide bonds. The Balaban J connectivity index is 1.80. The number of nitrogens with zero attached hydrogens (tertiary/aromatic N) is 1. The number of rotatable bonds is 3. The van der Waals surface area contributed by atoms with Crippen molar-refractivity contribution in [2.45, 2.75) is 17.2 Å². The van der Waals surface area contributed by atoms with Crippen LogP contribution in [0.3, 0.4) is 0 Å². The van der Waals surface area contributed by atoms with E-state index in [4.69, 9.17) is 4.42 Å². The first-order valence-electron chi connectivity index (χ1n) is 6.73. The molecule has 0 unspecified atom stereocenters. The Morgan fingerprint density at radius 2 is 1.83 bits per heavy atom. The van der Waals surface area contributed by atoms with E-state index in [2.05, 4.69) is 20.9 Å². The predicted molar refractivity (Wildman–Crippen MR) is 89.0 cm³/mol. The molecule has 1 heterocycles. The minimum atomic E-state index is -4.36. The van der Waals surface area contributed by atoms with E-state index in [-0.39, 0.29) is 5.22 Å². The van der Waals surface area contributed by atoms with E-state index in [0.29, 0.717) is 26.7 Å². The van der Waals surface area contributed by atoms with Crippen molar-refractivity contribution in [1.29, 1.82) is 0 Å². The normalized spacial score (nSPS) is 11.8. The van der Waals surface area contributed by atoms with Crippen LogP contribution in [0.25, 0.3) is 10.9 Å². The van der Waals surface area contributed by atoms with Crippen LogP contribution in [0.5, 0.6) is 0 Å². The van der Waals surface area contributed by atoms with Crippen LogP contribution >= 0.6 is 27.7 Å². The van der Waals surface area contributed by atoms with Gasteiger partial charge in [-0.2, -0.15) is 13.2 Å². The molecule has 0 bridgehead atoms. The summed E-state index contributed by atoms with van der Waals surface area (Å²) >= 11 is 4.42. The quantitative estimate of drug-likeness (QED) is 0.547. The maximum atomic E-state index is 12.5. The molecule has 0 radical (unpaired) electrons. The molecule has 0 saturated carbocycles. The fraction of sp³-hybridized carbons (Fsp3) is 0.125. The fourth-order valence-electron chi connectivity index (χ4n) is 2.06. The molecule has 0 N–H and O–H groups in total. The van der Waals surface area contributed by atoms with Gasteiger partial charge in [-0.3, -0.25) is 0 Å². The van der Waals surface area contributed by atoms with Gasteiger partial charge in [0, 0.05) is 10.2 Å². The topological polar surface area (TPSA) is 43.1 Å². The molecule has 0 saturated heterocycles. The number of benzene rings is 2. The first-order valence-corrected chi connectivity index (χ1v) is 8.51. The molecule has 3 aromatic rings. The third-order valence-electron chi connectivity index (χ3n) is 3.23.